The molecule has 1 N–H and O–H groups in total. The van der Waals surface area contributed by atoms with Gasteiger partial charge in [0.15, 0.2) is 0 Å². The van der Waals surface area contributed by atoms with Crippen molar-refractivity contribution in [2.24, 2.45) is 0 Å². The molecule has 1 nitrogen and oxygen atoms in total. The molecule has 21 heavy (non-hydrogen) atoms. The van der Waals surface area contributed by atoms with Crippen molar-refractivity contribution in [2.45, 2.75) is 78.7 Å². The second-order valence-electron chi connectivity index (χ2n) is 6.17. The van der Waals surface area contributed by atoms with E-state index in [-0.39, 0.29) is 0 Å². The second-order valence-corrected chi connectivity index (χ2v) is 6.17. The Bertz CT molecular complexity index is 375. The zero-order valence-corrected chi connectivity index (χ0v) is 14.7. The number of hydrogen-bond donors (Lipinski definition) is 1. The molecule has 0 heterocycles. The lowest BCUT2D eigenvalue weighted by molar-refractivity contribution is 0.118. The van der Waals surface area contributed by atoms with Crippen molar-refractivity contribution < 1.29 is 5.11 Å². The van der Waals surface area contributed by atoms with Crippen LogP contribution in [-0.4, -0.2) is 10.7 Å². The van der Waals surface area contributed by atoms with Crippen LogP contribution in [0.2, 0.25) is 0 Å². The van der Waals surface area contributed by atoms with Crippen LogP contribution in [0.5, 0.6) is 0 Å². The molecule has 1 heteroatoms. The third-order valence-electron chi connectivity index (χ3n) is 3.81. The lowest BCUT2D eigenvalue weighted by Gasteiger charge is -2.21. The molecule has 0 aliphatic rings. The number of rotatable bonds is 10. The Morgan fingerprint density at radius 3 is 1.67 bits per heavy atom. The maximum Gasteiger partial charge on any atom is 0.0800 e. The highest BCUT2D eigenvalue weighted by molar-refractivity contribution is 5.18. The summed E-state index contributed by atoms with van der Waals surface area (Å²) in [5, 5.41) is 9.95. The summed E-state index contributed by atoms with van der Waals surface area (Å²) >= 11 is 0. The van der Waals surface area contributed by atoms with Gasteiger partial charge in [-0.05, 0) is 78.7 Å². The normalized spacial score (nSPS) is 14.6. The van der Waals surface area contributed by atoms with Crippen molar-refractivity contribution in [1.29, 1.82) is 0 Å². The number of allylic oxidation sites excluding steroid dienone is 7. The van der Waals surface area contributed by atoms with E-state index in [2.05, 4.69) is 50.3 Å². The summed E-state index contributed by atoms with van der Waals surface area (Å²) in [6, 6.07) is 0. The molecule has 120 valence electrons. The molecule has 0 saturated heterocycles. The number of unbranched alkanes of at least 4 members (excludes halogenated alkanes) is 2. The van der Waals surface area contributed by atoms with E-state index in [0.717, 1.165) is 44.1 Å². The molecular formula is C20H34O. The quantitative estimate of drug-likeness (QED) is 0.379. The van der Waals surface area contributed by atoms with E-state index >= 15 is 0 Å². The van der Waals surface area contributed by atoms with Gasteiger partial charge in [0, 0.05) is 0 Å². The van der Waals surface area contributed by atoms with E-state index in [4.69, 9.17) is 0 Å². The monoisotopic (exact) mass is 290 g/mol. The fourth-order valence-electron chi connectivity index (χ4n) is 2.03. The van der Waals surface area contributed by atoms with Crippen molar-refractivity contribution in [3.8, 4) is 0 Å². The first kappa shape index (κ1) is 19.9. The molecule has 0 unspecified atom stereocenters. The largest absolute Gasteiger partial charge is 0.386 e. The first-order valence-corrected chi connectivity index (χ1v) is 8.20. The first-order chi connectivity index (χ1) is 9.89. The highest BCUT2D eigenvalue weighted by Crippen LogP contribution is 2.21. The van der Waals surface area contributed by atoms with E-state index in [1.165, 1.54) is 5.57 Å². The van der Waals surface area contributed by atoms with Crippen molar-refractivity contribution in [3.63, 3.8) is 0 Å². The summed E-state index contributed by atoms with van der Waals surface area (Å²) in [5.74, 6) is 0. The summed E-state index contributed by atoms with van der Waals surface area (Å²) in [7, 11) is 0. The Labute approximate surface area is 132 Å². The molecule has 0 bridgehead atoms. The highest BCUT2D eigenvalue weighted by Gasteiger charge is 2.16. The number of aliphatic hydroxyl groups is 1. The van der Waals surface area contributed by atoms with Crippen LogP contribution in [0.15, 0.2) is 47.6 Å². The van der Waals surface area contributed by atoms with Crippen molar-refractivity contribution in [3.05, 3.63) is 47.6 Å². The summed E-state index contributed by atoms with van der Waals surface area (Å²) < 4.78 is 0. The van der Waals surface area contributed by atoms with Gasteiger partial charge in [0.2, 0.25) is 0 Å². The minimum atomic E-state index is -0.689. The molecule has 0 amide bonds. The average molecular weight is 290 g/mol. The van der Waals surface area contributed by atoms with Gasteiger partial charge in [-0.1, -0.05) is 42.0 Å². The van der Waals surface area contributed by atoms with Crippen LogP contribution in [0.25, 0.3) is 0 Å². The van der Waals surface area contributed by atoms with Crippen molar-refractivity contribution in [2.75, 3.05) is 0 Å². The van der Waals surface area contributed by atoms with E-state index < -0.39 is 5.60 Å². The number of hydrogen-bond acceptors (Lipinski definition) is 1. The van der Waals surface area contributed by atoms with Gasteiger partial charge < -0.3 is 5.11 Å². The van der Waals surface area contributed by atoms with Crippen LogP contribution in [0.1, 0.15) is 73.1 Å². The van der Waals surface area contributed by atoms with Gasteiger partial charge in [0.05, 0.1) is 5.60 Å². The molecule has 0 radical (unpaired) electrons. The summed E-state index contributed by atoms with van der Waals surface area (Å²) in [5.41, 5.74) is 1.71. The maximum absolute atomic E-state index is 9.95. The van der Waals surface area contributed by atoms with Crippen LogP contribution in [0.4, 0.5) is 0 Å². The minimum Gasteiger partial charge on any atom is -0.386 e. The smallest absolute Gasteiger partial charge is 0.0800 e. The van der Waals surface area contributed by atoms with Crippen LogP contribution in [-0.2, 0) is 0 Å². The molecular weight excluding hydrogens is 256 g/mol. The van der Waals surface area contributed by atoms with Gasteiger partial charge >= 0.3 is 0 Å². The summed E-state index contributed by atoms with van der Waals surface area (Å²) in [6.45, 7) is 9.91. The molecule has 0 aromatic carbocycles. The Kier molecular flexibility index (Phi) is 11.0. The molecule has 0 rings (SSSR count). The summed E-state index contributed by atoms with van der Waals surface area (Å²) in [4.78, 5) is 0. The molecule has 0 aromatic heterocycles. The molecule has 0 spiro atoms. The fourth-order valence-corrected chi connectivity index (χ4v) is 2.03. The predicted molar refractivity (Wildman–Crippen MR) is 95.5 cm³/mol. The van der Waals surface area contributed by atoms with Gasteiger partial charge in [-0.2, -0.15) is 0 Å². The zero-order chi connectivity index (χ0) is 16.1. The zero-order valence-electron chi connectivity index (χ0n) is 14.7. The Balaban J connectivity index is 3.79. The Morgan fingerprint density at radius 1 is 0.810 bits per heavy atom. The van der Waals surface area contributed by atoms with Gasteiger partial charge in [-0.15, -0.1) is 0 Å². The molecule has 0 aromatic rings. The van der Waals surface area contributed by atoms with Gasteiger partial charge in [0.1, 0.15) is 0 Å². The topological polar surface area (TPSA) is 20.2 Å². The van der Waals surface area contributed by atoms with Gasteiger partial charge in [-0.3, -0.25) is 0 Å². The molecule has 0 fully saturated rings. The van der Waals surface area contributed by atoms with Crippen LogP contribution >= 0.6 is 0 Å². The van der Waals surface area contributed by atoms with E-state index in [9.17, 15) is 5.11 Å². The van der Waals surface area contributed by atoms with Crippen molar-refractivity contribution >= 4 is 0 Å². The Morgan fingerprint density at radius 2 is 1.24 bits per heavy atom. The van der Waals surface area contributed by atoms with Crippen LogP contribution in [0.3, 0.4) is 0 Å². The fraction of sp³-hybridized carbons (Fsp3) is 0.600. The Hall–Kier alpha value is -1.08. The highest BCUT2D eigenvalue weighted by atomic mass is 16.3. The first-order valence-electron chi connectivity index (χ1n) is 8.20. The SMILES string of the molecule is CC=CCCC=CCCC=CCCC(C)=C(C)C(C)(C)O. The van der Waals surface area contributed by atoms with Gasteiger partial charge in [0.25, 0.3) is 0 Å². The van der Waals surface area contributed by atoms with Crippen LogP contribution < -0.4 is 0 Å². The molecule has 0 aliphatic carbocycles. The maximum atomic E-state index is 9.95. The van der Waals surface area contributed by atoms with E-state index in [1.807, 2.05) is 20.8 Å². The standard InChI is InChI=1S/C20H34O/c1-6-7-8-9-10-11-12-13-14-15-16-17-18(2)19(3)20(4,5)21/h6-7,10-11,14-15,21H,8-9,12-13,16-17H2,1-5H3. The third kappa shape index (κ3) is 11.3. The predicted octanol–water partition coefficient (Wildman–Crippen LogP) is 6.12. The van der Waals surface area contributed by atoms with Gasteiger partial charge in [-0.25, -0.2) is 0 Å². The summed E-state index contributed by atoms with van der Waals surface area (Å²) in [6.07, 6.45) is 20.0. The second kappa shape index (κ2) is 11.6. The third-order valence-corrected chi connectivity index (χ3v) is 3.81. The minimum absolute atomic E-state index is 0.689. The van der Waals surface area contributed by atoms with E-state index in [1.54, 1.807) is 0 Å². The molecule has 0 aliphatic heterocycles. The molecule has 0 atom stereocenters. The average Bonchev–Trinajstić information content (AvgIpc) is 2.42. The van der Waals surface area contributed by atoms with E-state index in [0.29, 0.717) is 0 Å². The lowest BCUT2D eigenvalue weighted by Crippen LogP contribution is -2.21. The molecule has 0 saturated carbocycles. The lowest BCUT2D eigenvalue weighted by atomic mass is 9.93. The van der Waals surface area contributed by atoms with Crippen LogP contribution in [0, 0.1) is 0 Å². The van der Waals surface area contributed by atoms with Crippen molar-refractivity contribution in [1.82, 2.24) is 0 Å².